The summed E-state index contributed by atoms with van der Waals surface area (Å²) >= 11 is 0. The SMILES string of the molecule is N#Cc1ccc(C(=O)C2CC3CCC(C2)O3)cn1. The Bertz CT molecular complexity index is 492. The minimum absolute atomic E-state index is 0.0611. The number of rotatable bonds is 2. The fourth-order valence-corrected chi connectivity index (χ4v) is 2.91. The number of carbonyl (C=O) groups is 1. The van der Waals surface area contributed by atoms with Crippen molar-refractivity contribution in [3.05, 3.63) is 29.6 Å². The number of Topliss-reactive ketones (excluding diaryl/α,β-unsaturated/α-hetero) is 1. The Labute approximate surface area is 106 Å². The summed E-state index contributed by atoms with van der Waals surface area (Å²) < 4.78 is 5.74. The molecule has 92 valence electrons. The van der Waals surface area contributed by atoms with Gasteiger partial charge in [0.05, 0.1) is 12.2 Å². The van der Waals surface area contributed by atoms with Crippen molar-refractivity contribution in [2.45, 2.75) is 37.9 Å². The Balaban J connectivity index is 1.76. The number of hydrogen-bond donors (Lipinski definition) is 0. The van der Waals surface area contributed by atoms with E-state index < -0.39 is 0 Å². The molecule has 2 saturated heterocycles. The number of pyridine rings is 1. The zero-order valence-corrected chi connectivity index (χ0v) is 10.0. The molecule has 2 fully saturated rings. The molecule has 2 aliphatic rings. The molecule has 0 saturated carbocycles. The second-order valence-electron chi connectivity index (χ2n) is 5.03. The van der Waals surface area contributed by atoms with Gasteiger partial charge in [-0.3, -0.25) is 4.79 Å². The van der Waals surface area contributed by atoms with Crippen molar-refractivity contribution >= 4 is 5.78 Å². The van der Waals surface area contributed by atoms with E-state index >= 15 is 0 Å². The first kappa shape index (κ1) is 11.4. The fraction of sp³-hybridized carbons (Fsp3) is 0.500. The first-order valence-electron chi connectivity index (χ1n) is 6.32. The molecule has 0 radical (unpaired) electrons. The summed E-state index contributed by atoms with van der Waals surface area (Å²) in [6.45, 7) is 0. The largest absolute Gasteiger partial charge is 0.375 e. The quantitative estimate of drug-likeness (QED) is 0.745. The van der Waals surface area contributed by atoms with E-state index in [9.17, 15) is 4.79 Å². The molecule has 1 aromatic heterocycles. The Kier molecular flexibility index (Phi) is 2.85. The minimum atomic E-state index is 0.0611. The lowest BCUT2D eigenvalue weighted by Crippen LogP contribution is -2.30. The standard InChI is InChI=1S/C14H14N2O2/c15-7-11-2-1-9(8-16-11)14(17)10-5-12-3-4-13(6-10)18-12/h1-2,8,10,12-13H,3-6H2. The van der Waals surface area contributed by atoms with Gasteiger partial charge in [-0.25, -0.2) is 4.98 Å². The van der Waals surface area contributed by atoms with Crippen molar-refractivity contribution in [2.24, 2.45) is 5.92 Å². The average molecular weight is 242 g/mol. The molecule has 1 aromatic rings. The molecule has 3 rings (SSSR count). The molecule has 3 heterocycles. The zero-order chi connectivity index (χ0) is 12.5. The minimum Gasteiger partial charge on any atom is -0.375 e. The molecule has 2 atom stereocenters. The topological polar surface area (TPSA) is 63.0 Å². The monoisotopic (exact) mass is 242 g/mol. The van der Waals surface area contributed by atoms with E-state index in [0.717, 1.165) is 25.7 Å². The third kappa shape index (κ3) is 2.02. The van der Waals surface area contributed by atoms with E-state index in [1.165, 1.54) is 6.20 Å². The molecule has 0 spiro atoms. The van der Waals surface area contributed by atoms with Gasteiger partial charge in [0, 0.05) is 17.7 Å². The van der Waals surface area contributed by atoms with Gasteiger partial charge < -0.3 is 4.74 Å². The van der Waals surface area contributed by atoms with Crippen LogP contribution in [-0.2, 0) is 4.74 Å². The van der Waals surface area contributed by atoms with Gasteiger partial charge in [0.15, 0.2) is 5.78 Å². The molecule has 0 amide bonds. The van der Waals surface area contributed by atoms with Gasteiger partial charge in [-0.15, -0.1) is 0 Å². The molecule has 4 nitrogen and oxygen atoms in total. The summed E-state index contributed by atoms with van der Waals surface area (Å²) in [5.74, 6) is 0.207. The van der Waals surface area contributed by atoms with E-state index in [-0.39, 0.29) is 23.9 Å². The zero-order valence-electron chi connectivity index (χ0n) is 10.0. The maximum absolute atomic E-state index is 12.3. The highest BCUT2D eigenvalue weighted by atomic mass is 16.5. The van der Waals surface area contributed by atoms with Crippen molar-refractivity contribution < 1.29 is 9.53 Å². The molecule has 2 bridgehead atoms. The van der Waals surface area contributed by atoms with Crippen LogP contribution < -0.4 is 0 Å². The number of ketones is 1. The summed E-state index contributed by atoms with van der Waals surface area (Å²) in [6, 6.07) is 5.25. The molecule has 18 heavy (non-hydrogen) atoms. The highest BCUT2D eigenvalue weighted by molar-refractivity contribution is 5.97. The average Bonchev–Trinajstić information content (AvgIpc) is 2.77. The van der Waals surface area contributed by atoms with Crippen molar-refractivity contribution in [3.8, 4) is 6.07 Å². The number of hydrogen-bond acceptors (Lipinski definition) is 4. The van der Waals surface area contributed by atoms with Crippen LogP contribution in [0.1, 0.15) is 41.7 Å². The van der Waals surface area contributed by atoms with E-state index in [2.05, 4.69) is 4.98 Å². The molecule has 0 N–H and O–H groups in total. The lowest BCUT2D eigenvalue weighted by atomic mass is 9.88. The maximum atomic E-state index is 12.3. The van der Waals surface area contributed by atoms with E-state index in [0.29, 0.717) is 11.3 Å². The highest BCUT2D eigenvalue weighted by Crippen LogP contribution is 2.37. The summed E-state index contributed by atoms with van der Waals surface area (Å²) in [5.41, 5.74) is 0.957. The summed E-state index contributed by atoms with van der Waals surface area (Å²) in [6.07, 6.45) is 5.87. The molecule has 4 heteroatoms. The number of nitriles is 1. The Morgan fingerprint density at radius 1 is 1.33 bits per heavy atom. The maximum Gasteiger partial charge on any atom is 0.167 e. The van der Waals surface area contributed by atoms with E-state index in [1.807, 2.05) is 6.07 Å². The second kappa shape index (κ2) is 4.51. The Morgan fingerprint density at radius 3 is 2.61 bits per heavy atom. The number of ether oxygens (including phenoxy) is 1. The summed E-state index contributed by atoms with van der Waals surface area (Å²) in [5, 5.41) is 8.68. The molecule has 2 aliphatic heterocycles. The van der Waals surface area contributed by atoms with E-state index in [1.54, 1.807) is 12.1 Å². The molecular formula is C14H14N2O2. The van der Waals surface area contributed by atoms with Crippen LogP contribution in [0.2, 0.25) is 0 Å². The normalized spacial score (nSPS) is 29.8. The predicted octanol–water partition coefficient (Wildman–Crippen LogP) is 2.09. The van der Waals surface area contributed by atoms with Gasteiger partial charge in [0.2, 0.25) is 0 Å². The van der Waals surface area contributed by atoms with Crippen LogP contribution in [0.5, 0.6) is 0 Å². The summed E-state index contributed by atoms with van der Waals surface area (Å²) in [4.78, 5) is 16.3. The van der Waals surface area contributed by atoms with Crippen LogP contribution >= 0.6 is 0 Å². The van der Waals surface area contributed by atoms with Crippen molar-refractivity contribution in [3.63, 3.8) is 0 Å². The predicted molar refractivity (Wildman–Crippen MR) is 63.9 cm³/mol. The van der Waals surface area contributed by atoms with Gasteiger partial charge in [0.1, 0.15) is 11.8 Å². The molecule has 2 unspecified atom stereocenters. The number of carbonyl (C=O) groups excluding carboxylic acids is 1. The van der Waals surface area contributed by atoms with Gasteiger partial charge >= 0.3 is 0 Å². The third-order valence-corrected chi connectivity index (χ3v) is 3.82. The lowest BCUT2D eigenvalue weighted by molar-refractivity contribution is -0.0149. The van der Waals surface area contributed by atoms with E-state index in [4.69, 9.17) is 10.00 Å². The van der Waals surface area contributed by atoms with Crippen molar-refractivity contribution in [1.29, 1.82) is 5.26 Å². The highest BCUT2D eigenvalue weighted by Gasteiger charge is 2.38. The first-order valence-corrected chi connectivity index (χ1v) is 6.32. The number of nitrogens with zero attached hydrogens (tertiary/aromatic N) is 2. The van der Waals surface area contributed by atoms with Crippen molar-refractivity contribution in [2.75, 3.05) is 0 Å². The van der Waals surface area contributed by atoms with Crippen LogP contribution in [0, 0.1) is 17.2 Å². The van der Waals surface area contributed by atoms with Gasteiger partial charge in [-0.05, 0) is 37.8 Å². The Hall–Kier alpha value is -1.73. The smallest absolute Gasteiger partial charge is 0.167 e. The Morgan fingerprint density at radius 2 is 2.06 bits per heavy atom. The lowest BCUT2D eigenvalue weighted by Gasteiger charge is -2.27. The second-order valence-corrected chi connectivity index (χ2v) is 5.03. The number of fused-ring (bicyclic) bond motifs is 2. The molecule has 0 aliphatic carbocycles. The third-order valence-electron chi connectivity index (χ3n) is 3.82. The van der Waals surface area contributed by atoms with Crippen molar-refractivity contribution in [1.82, 2.24) is 4.98 Å². The van der Waals surface area contributed by atoms with Gasteiger partial charge in [0.25, 0.3) is 0 Å². The van der Waals surface area contributed by atoms with Crippen LogP contribution in [0.3, 0.4) is 0 Å². The fourth-order valence-electron chi connectivity index (χ4n) is 2.91. The van der Waals surface area contributed by atoms with Gasteiger partial charge in [-0.2, -0.15) is 5.26 Å². The first-order chi connectivity index (χ1) is 8.76. The number of aromatic nitrogens is 1. The molecule has 0 aromatic carbocycles. The van der Waals surface area contributed by atoms with Gasteiger partial charge in [-0.1, -0.05) is 0 Å². The molecular weight excluding hydrogens is 228 g/mol. The van der Waals surface area contributed by atoms with Crippen LogP contribution in [0.15, 0.2) is 18.3 Å². The van der Waals surface area contributed by atoms with Crippen LogP contribution in [-0.4, -0.2) is 23.0 Å². The summed E-state index contributed by atoms with van der Waals surface area (Å²) in [7, 11) is 0. The van der Waals surface area contributed by atoms with Crippen LogP contribution in [0.4, 0.5) is 0 Å². The van der Waals surface area contributed by atoms with Crippen LogP contribution in [0.25, 0.3) is 0 Å².